The summed E-state index contributed by atoms with van der Waals surface area (Å²) in [5.41, 5.74) is -0.490. The van der Waals surface area contributed by atoms with E-state index in [9.17, 15) is 9.59 Å². The number of esters is 1. The Balaban J connectivity index is 3.22. The highest BCUT2D eigenvalue weighted by Gasteiger charge is 2.15. The third-order valence-corrected chi connectivity index (χ3v) is 2.68. The van der Waals surface area contributed by atoms with Gasteiger partial charge in [-0.1, -0.05) is 6.42 Å². The second-order valence-electron chi connectivity index (χ2n) is 6.04. The van der Waals surface area contributed by atoms with Crippen LogP contribution in [0.4, 0.5) is 4.79 Å². The van der Waals surface area contributed by atoms with E-state index in [4.69, 9.17) is 14.2 Å². The summed E-state index contributed by atoms with van der Waals surface area (Å²) in [6.07, 6.45) is 2.70. The van der Waals surface area contributed by atoms with Gasteiger partial charge in [0.2, 0.25) is 0 Å². The van der Waals surface area contributed by atoms with Crippen LogP contribution in [0, 0.1) is 0 Å². The molecule has 0 bridgehead atoms. The molecule has 0 spiro atoms. The molecule has 0 aliphatic heterocycles. The number of amides is 1. The van der Waals surface area contributed by atoms with Gasteiger partial charge in [0.15, 0.2) is 0 Å². The predicted molar refractivity (Wildman–Crippen MR) is 86.4 cm³/mol. The quantitative estimate of drug-likeness (QED) is 0.436. The number of carbonyl (C=O) groups excluding carboxylic acids is 2. The fourth-order valence-corrected chi connectivity index (χ4v) is 1.61. The third-order valence-electron chi connectivity index (χ3n) is 2.68. The van der Waals surface area contributed by atoms with Gasteiger partial charge in [0.1, 0.15) is 5.60 Å². The van der Waals surface area contributed by atoms with Crippen LogP contribution in [0.3, 0.4) is 0 Å². The summed E-state index contributed by atoms with van der Waals surface area (Å²) in [6.45, 7) is 7.92. The Morgan fingerprint density at radius 2 is 1.57 bits per heavy atom. The Labute approximate surface area is 139 Å². The van der Waals surface area contributed by atoms with E-state index in [1.54, 1.807) is 0 Å². The van der Waals surface area contributed by atoms with Crippen LogP contribution >= 0.6 is 0 Å². The lowest BCUT2D eigenvalue weighted by molar-refractivity contribution is -0.140. The first-order valence-electron chi connectivity index (χ1n) is 8.04. The van der Waals surface area contributed by atoms with E-state index in [1.165, 1.54) is 7.11 Å². The van der Waals surface area contributed by atoms with Crippen LogP contribution in [0.2, 0.25) is 0 Å². The van der Waals surface area contributed by atoms with Crippen molar-refractivity contribution in [3.63, 3.8) is 0 Å². The van der Waals surface area contributed by atoms with Gasteiger partial charge in [-0.25, -0.2) is 4.79 Å². The number of unbranched alkanes of at least 4 members (excludes halogenated alkanes) is 2. The predicted octanol–water partition coefficient (Wildman–Crippen LogP) is 2.28. The molecule has 0 rings (SSSR count). The zero-order valence-electron chi connectivity index (χ0n) is 14.8. The number of nitrogens with one attached hydrogen (secondary N) is 1. The van der Waals surface area contributed by atoms with E-state index in [0.717, 1.165) is 19.3 Å². The lowest BCUT2D eigenvalue weighted by atomic mass is 10.2. The molecule has 0 atom stereocenters. The van der Waals surface area contributed by atoms with Gasteiger partial charge >= 0.3 is 12.1 Å². The SMILES string of the molecule is COC(=O)CCCCCOCCOCCNC(=O)OC(C)(C)C. The molecule has 7 nitrogen and oxygen atoms in total. The van der Waals surface area contributed by atoms with E-state index in [2.05, 4.69) is 10.1 Å². The van der Waals surface area contributed by atoms with Gasteiger partial charge in [0, 0.05) is 19.6 Å². The van der Waals surface area contributed by atoms with Crippen molar-refractivity contribution < 1.29 is 28.5 Å². The maximum Gasteiger partial charge on any atom is 0.407 e. The maximum atomic E-state index is 11.3. The van der Waals surface area contributed by atoms with Gasteiger partial charge in [-0.3, -0.25) is 4.79 Å². The molecule has 0 aromatic heterocycles. The van der Waals surface area contributed by atoms with Crippen molar-refractivity contribution in [1.29, 1.82) is 0 Å². The molecule has 0 aromatic rings. The molecule has 0 aromatic carbocycles. The normalized spacial score (nSPS) is 11.1. The minimum atomic E-state index is -0.490. The molecule has 0 radical (unpaired) electrons. The van der Waals surface area contributed by atoms with Gasteiger partial charge in [-0.2, -0.15) is 0 Å². The molecular weight excluding hydrogens is 302 g/mol. The van der Waals surface area contributed by atoms with Gasteiger partial charge in [-0.05, 0) is 33.6 Å². The van der Waals surface area contributed by atoms with Gasteiger partial charge < -0.3 is 24.3 Å². The molecule has 0 fully saturated rings. The van der Waals surface area contributed by atoms with Crippen LogP contribution in [0.1, 0.15) is 46.5 Å². The van der Waals surface area contributed by atoms with Crippen molar-refractivity contribution in [2.45, 2.75) is 52.1 Å². The summed E-state index contributed by atoms with van der Waals surface area (Å²) < 4.78 is 20.4. The fourth-order valence-electron chi connectivity index (χ4n) is 1.61. The van der Waals surface area contributed by atoms with E-state index >= 15 is 0 Å². The smallest absolute Gasteiger partial charge is 0.407 e. The minimum Gasteiger partial charge on any atom is -0.469 e. The van der Waals surface area contributed by atoms with Crippen molar-refractivity contribution in [1.82, 2.24) is 5.32 Å². The summed E-state index contributed by atoms with van der Waals surface area (Å²) in [5, 5.41) is 2.61. The van der Waals surface area contributed by atoms with E-state index in [0.29, 0.717) is 39.4 Å². The molecule has 0 aliphatic rings. The Morgan fingerprint density at radius 3 is 2.17 bits per heavy atom. The van der Waals surface area contributed by atoms with Crippen LogP contribution in [0.5, 0.6) is 0 Å². The van der Waals surface area contributed by atoms with Gasteiger partial charge in [0.05, 0.1) is 26.9 Å². The molecule has 0 unspecified atom stereocenters. The molecule has 23 heavy (non-hydrogen) atoms. The number of methoxy groups -OCH3 is 1. The Hall–Kier alpha value is -1.34. The van der Waals surface area contributed by atoms with Gasteiger partial charge in [-0.15, -0.1) is 0 Å². The number of ether oxygens (including phenoxy) is 4. The summed E-state index contributed by atoms with van der Waals surface area (Å²) in [6, 6.07) is 0. The Kier molecular flexibility index (Phi) is 12.4. The van der Waals surface area contributed by atoms with E-state index < -0.39 is 11.7 Å². The number of hydrogen-bond donors (Lipinski definition) is 1. The molecule has 1 N–H and O–H groups in total. The molecule has 0 heterocycles. The first kappa shape index (κ1) is 21.7. The van der Waals surface area contributed by atoms with Crippen molar-refractivity contribution >= 4 is 12.1 Å². The lowest BCUT2D eigenvalue weighted by Gasteiger charge is -2.19. The van der Waals surface area contributed by atoms with E-state index in [-0.39, 0.29) is 5.97 Å². The van der Waals surface area contributed by atoms with Crippen molar-refractivity contribution in [2.24, 2.45) is 0 Å². The molecule has 1 amide bonds. The Bertz CT molecular complexity index is 327. The van der Waals surface area contributed by atoms with Crippen molar-refractivity contribution in [3.05, 3.63) is 0 Å². The van der Waals surface area contributed by atoms with Crippen LogP contribution in [0.25, 0.3) is 0 Å². The summed E-state index contributed by atoms with van der Waals surface area (Å²) >= 11 is 0. The topological polar surface area (TPSA) is 83.1 Å². The van der Waals surface area contributed by atoms with E-state index in [1.807, 2.05) is 20.8 Å². The third kappa shape index (κ3) is 16.9. The molecular formula is C16H31NO6. The Morgan fingerprint density at radius 1 is 0.913 bits per heavy atom. The highest BCUT2D eigenvalue weighted by molar-refractivity contribution is 5.69. The first-order chi connectivity index (χ1) is 10.8. The largest absolute Gasteiger partial charge is 0.469 e. The average Bonchev–Trinajstić information content (AvgIpc) is 2.46. The van der Waals surface area contributed by atoms with Crippen LogP contribution in [0.15, 0.2) is 0 Å². The van der Waals surface area contributed by atoms with Crippen molar-refractivity contribution in [3.8, 4) is 0 Å². The average molecular weight is 333 g/mol. The molecule has 0 saturated heterocycles. The van der Waals surface area contributed by atoms with Crippen LogP contribution in [-0.2, 0) is 23.7 Å². The highest BCUT2D eigenvalue weighted by atomic mass is 16.6. The first-order valence-corrected chi connectivity index (χ1v) is 8.04. The van der Waals surface area contributed by atoms with Gasteiger partial charge in [0.25, 0.3) is 0 Å². The molecule has 0 saturated carbocycles. The number of carbonyl (C=O) groups is 2. The second-order valence-corrected chi connectivity index (χ2v) is 6.04. The fraction of sp³-hybridized carbons (Fsp3) is 0.875. The number of rotatable bonds is 12. The van der Waals surface area contributed by atoms with Crippen LogP contribution < -0.4 is 5.32 Å². The summed E-state index contributed by atoms with van der Waals surface area (Å²) in [7, 11) is 1.40. The number of hydrogen-bond acceptors (Lipinski definition) is 6. The molecule has 0 aliphatic carbocycles. The monoisotopic (exact) mass is 333 g/mol. The highest BCUT2D eigenvalue weighted by Crippen LogP contribution is 2.06. The molecule has 136 valence electrons. The zero-order chi connectivity index (χ0) is 17.6. The summed E-state index contributed by atoms with van der Waals surface area (Å²) in [5.74, 6) is -0.167. The minimum absolute atomic E-state index is 0.167. The number of alkyl carbamates (subject to hydrolysis) is 1. The van der Waals surface area contributed by atoms with Crippen LogP contribution in [-0.4, -0.2) is 57.7 Å². The maximum absolute atomic E-state index is 11.3. The second kappa shape index (κ2) is 13.1. The molecule has 7 heteroatoms. The zero-order valence-corrected chi connectivity index (χ0v) is 14.8. The van der Waals surface area contributed by atoms with Crippen molar-refractivity contribution in [2.75, 3.05) is 40.1 Å². The lowest BCUT2D eigenvalue weighted by Crippen LogP contribution is -2.34. The summed E-state index contributed by atoms with van der Waals surface area (Å²) in [4.78, 5) is 22.2. The standard InChI is InChI=1S/C16H31NO6/c1-16(2,3)23-15(19)17-9-11-22-13-12-21-10-7-5-6-8-14(18)20-4/h5-13H2,1-4H3,(H,17,19).